The Balaban J connectivity index is 2.36. The first-order chi connectivity index (χ1) is 10.7. The standard InChI is InChI=1S/C19H24O4/c1-11(20)14-16-12(7-9-18(2,3)22-16)15(21-6)13-8-10-19(4,5)23-17(13)14/h7-11,20H,1-6H3/t11-/m0/s1. The van der Waals surface area contributed by atoms with Crippen LogP contribution in [0.3, 0.4) is 0 Å². The zero-order valence-electron chi connectivity index (χ0n) is 14.6. The lowest BCUT2D eigenvalue weighted by Gasteiger charge is -2.36. The Kier molecular flexibility index (Phi) is 3.49. The maximum absolute atomic E-state index is 10.4. The summed E-state index contributed by atoms with van der Waals surface area (Å²) in [4.78, 5) is 0. The average molecular weight is 316 g/mol. The summed E-state index contributed by atoms with van der Waals surface area (Å²) in [6.45, 7) is 9.65. The van der Waals surface area contributed by atoms with Crippen LogP contribution in [-0.2, 0) is 0 Å². The third kappa shape index (κ3) is 2.61. The van der Waals surface area contributed by atoms with Crippen LogP contribution in [0, 0.1) is 0 Å². The third-order valence-electron chi connectivity index (χ3n) is 4.12. The van der Waals surface area contributed by atoms with Crippen LogP contribution < -0.4 is 14.2 Å². The van der Waals surface area contributed by atoms with E-state index in [1.54, 1.807) is 14.0 Å². The van der Waals surface area contributed by atoms with Crippen molar-refractivity contribution < 1.29 is 19.3 Å². The zero-order valence-corrected chi connectivity index (χ0v) is 14.6. The van der Waals surface area contributed by atoms with E-state index in [4.69, 9.17) is 14.2 Å². The van der Waals surface area contributed by atoms with Gasteiger partial charge < -0.3 is 19.3 Å². The van der Waals surface area contributed by atoms with E-state index < -0.39 is 17.3 Å². The molecule has 0 aliphatic carbocycles. The monoisotopic (exact) mass is 316 g/mol. The summed E-state index contributed by atoms with van der Waals surface area (Å²) >= 11 is 0. The molecular weight excluding hydrogens is 292 g/mol. The third-order valence-corrected chi connectivity index (χ3v) is 4.12. The molecule has 2 heterocycles. The van der Waals surface area contributed by atoms with Gasteiger partial charge >= 0.3 is 0 Å². The molecule has 3 rings (SSSR count). The van der Waals surface area contributed by atoms with Gasteiger partial charge in [-0.05, 0) is 58.9 Å². The number of benzene rings is 1. The second-order valence-corrected chi connectivity index (χ2v) is 7.19. The van der Waals surface area contributed by atoms with Gasteiger partial charge in [0.1, 0.15) is 28.5 Å². The van der Waals surface area contributed by atoms with Crippen molar-refractivity contribution in [2.75, 3.05) is 7.11 Å². The first kappa shape index (κ1) is 15.9. The van der Waals surface area contributed by atoms with Crippen LogP contribution >= 0.6 is 0 Å². The number of methoxy groups -OCH3 is 1. The molecule has 0 radical (unpaired) electrons. The van der Waals surface area contributed by atoms with E-state index in [-0.39, 0.29) is 0 Å². The van der Waals surface area contributed by atoms with Gasteiger partial charge in [-0.25, -0.2) is 0 Å². The van der Waals surface area contributed by atoms with Crippen molar-refractivity contribution in [3.05, 3.63) is 28.8 Å². The van der Waals surface area contributed by atoms with Gasteiger partial charge in [-0.15, -0.1) is 0 Å². The van der Waals surface area contributed by atoms with Crippen molar-refractivity contribution in [3.63, 3.8) is 0 Å². The summed E-state index contributed by atoms with van der Waals surface area (Å²) < 4.78 is 18.0. The SMILES string of the molecule is COc1c2c(c([C@H](C)O)c3c1C=CC(C)(C)O3)OC(C)(C)C=C2. The number of fused-ring (bicyclic) bond motifs is 2. The first-order valence-electron chi connectivity index (χ1n) is 7.87. The number of hydrogen-bond donors (Lipinski definition) is 1. The van der Waals surface area contributed by atoms with E-state index in [1.807, 2.05) is 52.0 Å². The molecule has 124 valence electrons. The van der Waals surface area contributed by atoms with Crippen LogP contribution in [-0.4, -0.2) is 23.4 Å². The van der Waals surface area contributed by atoms with Gasteiger partial charge in [0.15, 0.2) is 0 Å². The fraction of sp³-hybridized carbons (Fsp3) is 0.474. The molecular formula is C19H24O4. The van der Waals surface area contributed by atoms with Crippen LogP contribution in [0.5, 0.6) is 17.2 Å². The van der Waals surface area contributed by atoms with Crippen LogP contribution in [0.1, 0.15) is 57.4 Å². The molecule has 0 unspecified atom stereocenters. The van der Waals surface area contributed by atoms with E-state index in [0.29, 0.717) is 22.8 Å². The summed E-state index contributed by atoms with van der Waals surface area (Å²) in [5.41, 5.74) is 1.46. The molecule has 1 N–H and O–H groups in total. The largest absolute Gasteiger partial charge is 0.495 e. The number of ether oxygens (including phenoxy) is 3. The molecule has 0 amide bonds. The number of rotatable bonds is 2. The lowest BCUT2D eigenvalue weighted by atomic mass is 9.90. The van der Waals surface area contributed by atoms with Crippen molar-refractivity contribution in [2.24, 2.45) is 0 Å². The van der Waals surface area contributed by atoms with Crippen LogP contribution in [0.4, 0.5) is 0 Å². The van der Waals surface area contributed by atoms with Crippen molar-refractivity contribution in [3.8, 4) is 17.2 Å². The predicted molar refractivity (Wildman–Crippen MR) is 91.1 cm³/mol. The van der Waals surface area contributed by atoms with E-state index in [1.165, 1.54) is 0 Å². The molecule has 23 heavy (non-hydrogen) atoms. The molecule has 0 spiro atoms. The van der Waals surface area contributed by atoms with Crippen molar-refractivity contribution >= 4 is 12.2 Å². The fourth-order valence-electron chi connectivity index (χ4n) is 3.03. The van der Waals surface area contributed by atoms with E-state index >= 15 is 0 Å². The van der Waals surface area contributed by atoms with E-state index in [9.17, 15) is 5.11 Å². The van der Waals surface area contributed by atoms with Crippen molar-refractivity contribution in [2.45, 2.75) is 51.9 Å². The number of hydrogen-bond acceptors (Lipinski definition) is 4. The number of aliphatic hydroxyl groups excluding tert-OH is 1. The maximum atomic E-state index is 10.4. The topological polar surface area (TPSA) is 47.9 Å². The molecule has 0 aromatic heterocycles. The molecule has 1 aromatic rings. The Morgan fingerprint density at radius 3 is 1.74 bits per heavy atom. The Bertz CT molecular complexity index is 656. The van der Waals surface area contributed by atoms with Gasteiger partial charge in [-0.3, -0.25) is 0 Å². The maximum Gasteiger partial charge on any atom is 0.141 e. The van der Waals surface area contributed by atoms with Gasteiger partial charge in [-0.2, -0.15) is 0 Å². The van der Waals surface area contributed by atoms with Gasteiger partial charge in [0.2, 0.25) is 0 Å². The minimum Gasteiger partial charge on any atom is -0.495 e. The molecule has 4 heteroatoms. The summed E-state index contributed by atoms with van der Waals surface area (Å²) in [5.74, 6) is 1.97. The van der Waals surface area contributed by atoms with Crippen LogP contribution in [0.25, 0.3) is 12.2 Å². The fourth-order valence-corrected chi connectivity index (χ4v) is 3.03. The summed E-state index contributed by atoms with van der Waals surface area (Å²) in [6, 6.07) is 0. The van der Waals surface area contributed by atoms with Crippen molar-refractivity contribution in [1.82, 2.24) is 0 Å². The minimum atomic E-state index is -0.715. The smallest absolute Gasteiger partial charge is 0.141 e. The van der Waals surface area contributed by atoms with Gasteiger partial charge in [0.25, 0.3) is 0 Å². The van der Waals surface area contributed by atoms with Gasteiger partial charge in [-0.1, -0.05) is 0 Å². The van der Waals surface area contributed by atoms with Crippen molar-refractivity contribution in [1.29, 1.82) is 0 Å². The number of aliphatic hydroxyl groups is 1. The summed E-state index contributed by atoms with van der Waals surface area (Å²) in [6.07, 6.45) is 7.27. The second-order valence-electron chi connectivity index (χ2n) is 7.19. The van der Waals surface area contributed by atoms with E-state index in [2.05, 4.69) is 0 Å². The minimum absolute atomic E-state index is 0.448. The highest BCUT2D eigenvalue weighted by Gasteiger charge is 2.36. The quantitative estimate of drug-likeness (QED) is 0.891. The molecule has 1 aromatic carbocycles. The van der Waals surface area contributed by atoms with Gasteiger partial charge in [0.05, 0.1) is 29.9 Å². The molecule has 2 aliphatic heterocycles. The molecule has 0 saturated heterocycles. The molecule has 0 fully saturated rings. The lowest BCUT2D eigenvalue weighted by molar-refractivity contribution is 0.124. The first-order valence-corrected chi connectivity index (χ1v) is 7.87. The highest BCUT2D eigenvalue weighted by molar-refractivity contribution is 5.81. The zero-order chi connectivity index (χ0) is 17.0. The van der Waals surface area contributed by atoms with Crippen LogP contribution in [0.15, 0.2) is 12.2 Å². The molecule has 4 nitrogen and oxygen atoms in total. The lowest BCUT2D eigenvalue weighted by Crippen LogP contribution is -2.31. The summed E-state index contributed by atoms with van der Waals surface area (Å²) in [5, 5.41) is 10.4. The Labute approximate surface area is 137 Å². The Hall–Kier alpha value is -1.94. The normalized spacial score (nSPS) is 20.8. The van der Waals surface area contributed by atoms with Crippen LogP contribution in [0.2, 0.25) is 0 Å². The Morgan fingerprint density at radius 2 is 1.39 bits per heavy atom. The highest BCUT2D eigenvalue weighted by Crippen LogP contribution is 2.52. The predicted octanol–water partition coefficient (Wildman–Crippen LogP) is 4.12. The average Bonchev–Trinajstić information content (AvgIpc) is 2.42. The molecule has 1 atom stereocenters. The molecule has 0 saturated carbocycles. The highest BCUT2D eigenvalue weighted by atomic mass is 16.5. The molecule has 0 bridgehead atoms. The summed E-state index contributed by atoms with van der Waals surface area (Å²) in [7, 11) is 1.64. The molecule has 2 aliphatic rings. The second kappa shape index (κ2) is 5.03. The van der Waals surface area contributed by atoms with E-state index in [0.717, 1.165) is 11.1 Å². The Morgan fingerprint density at radius 1 is 0.957 bits per heavy atom. The van der Waals surface area contributed by atoms with Gasteiger partial charge in [0, 0.05) is 0 Å².